The lowest BCUT2D eigenvalue weighted by Gasteiger charge is -2.17. The van der Waals surface area contributed by atoms with Crippen molar-refractivity contribution in [2.45, 2.75) is 32.0 Å². The molecule has 0 aliphatic heterocycles. The lowest BCUT2D eigenvalue weighted by atomic mass is 10.1. The molecule has 8 nitrogen and oxygen atoms in total. The number of carbonyl (C=O) groups excluding carboxylic acids is 1. The maximum Gasteiger partial charge on any atom is 0.323 e. The fourth-order valence-electron chi connectivity index (χ4n) is 2.38. The van der Waals surface area contributed by atoms with Crippen LogP contribution < -0.4 is 5.32 Å². The third-order valence-corrected chi connectivity index (χ3v) is 3.86. The number of nitrogens with one attached hydrogen (secondary N) is 1. The van der Waals surface area contributed by atoms with Crippen LogP contribution in [0.2, 0.25) is 0 Å². The second-order valence-electron chi connectivity index (χ2n) is 5.88. The van der Waals surface area contributed by atoms with Gasteiger partial charge in [-0.25, -0.2) is 0 Å². The molecule has 0 spiro atoms. The zero-order valence-electron chi connectivity index (χ0n) is 14.5. The zero-order valence-corrected chi connectivity index (χ0v) is 14.5. The first-order valence-electron chi connectivity index (χ1n) is 8.35. The molecule has 0 aliphatic rings. The number of rotatable bonds is 10. The van der Waals surface area contributed by atoms with Crippen LogP contribution >= 0.6 is 0 Å². The van der Waals surface area contributed by atoms with E-state index >= 15 is 0 Å². The van der Waals surface area contributed by atoms with Gasteiger partial charge in [-0.05, 0) is 29.7 Å². The second kappa shape index (κ2) is 10.0. The molecule has 0 fully saturated rings. The molecule has 0 amide bonds. The van der Waals surface area contributed by atoms with Gasteiger partial charge < -0.3 is 15.2 Å². The van der Waals surface area contributed by atoms with E-state index in [1.165, 1.54) is 24.3 Å². The molecule has 0 heterocycles. The number of hydrogen-bond donors (Lipinski definition) is 2. The van der Waals surface area contributed by atoms with Crippen LogP contribution in [0.25, 0.3) is 0 Å². The Morgan fingerprint density at radius 1 is 1.07 bits per heavy atom. The average molecular weight is 372 g/mol. The molecule has 2 rings (SSSR count). The highest BCUT2D eigenvalue weighted by Gasteiger charge is 2.21. The Morgan fingerprint density at radius 3 is 2.33 bits per heavy atom. The fraction of sp³-hybridized carbons (Fsp3) is 0.263. The predicted octanol–water partition coefficient (Wildman–Crippen LogP) is 2.66. The van der Waals surface area contributed by atoms with Crippen LogP contribution in [0.1, 0.15) is 24.0 Å². The van der Waals surface area contributed by atoms with Crippen molar-refractivity contribution < 1.29 is 24.4 Å². The summed E-state index contributed by atoms with van der Waals surface area (Å²) >= 11 is 0. The minimum Gasteiger partial charge on any atom is -0.481 e. The van der Waals surface area contributed by atoms with E-state index < -0.39 is 22.9 Å². The molecular weight excluding hydrogens is 352 g/mol. The summed E-state index contributed by atoms with van der Waals surface area (Å²) in [5.74, 6) is -1.56. The van der Waals surface area contributed by atoms with Crippen molar-refractivity contribution in [3.05, 3.63) is 75.8 Å². The summed E-state index contributed by atoms with van der Waals surface area (Å²) in [7, 11) is 0. The number of carboxylic acids is 1. The Bertz CT molecular complexity index is 777. The molecule has 27 heavy (non-hydrogen) atoms. The monoisotopic (exact) mass is 372 g/mol. The number of nitro groups is 1. The number of benzene rings is 2. The number of nitrogens with zero attached hydrogens (tertiary/aromatic N) is 1. The van der Waals surface area contributed by atoms with E-state index in [0.29, 0.717) is 12.1 Å². The molecule has 0 bridgehead atoms. The Balaban J connectivity index is 1.93. The number of hydrogen-bond acceptors (Lipinski definition) is 6. The van der Waals surface area contributed by atoms with Crippen molar-refractivity contribution in [2.75, 3.05) is 0 Å². The summed E-state index contributed by atoms with van der Waals surface area (Å²) in [6.07, 6.45) is -0.0691. The Hall–Kier alpha value is -3.26. The van der Waals surface area contributed by atoms with E-state index in [9.17, 15) is 19.7 Å². The van der Waals surface area contributed by atoms with Gasteiger partial charge in [0.25, 0.3) is 5.69 Å². The van der Waals surface area contributed by atoms with Gasteiger partial charge in [0, 0.05) is 25.1 Å². The predicted molar refractivity (Wildman–Crippen MR) is 96.8 cm³/mol. The lowest BCUT2D eigenvalue weighted by Crippen LogP contribution is -2.38. The number of esters is 1. The van der Waals surface area contributed by atoms with Gasteiger partial charge >= 0.3 is 11.9 Å². The van der Waals surface area contributed by atoms with Crippen molar-refractivity contribution in [1.82, 2.24) is 5.32 Å². The first-order chi connectivity index (χ1) is 13.0. The maximum atomic E-state index is 12.3. The summed E-state index contributed by atoms with van der Waals surface area (Å²) < 4.78 is 5.25. The fourth-order valence-corrected chi connectivity index (χ4v) is 2.38. The third-order valence-electron chi connectivity index (χ3n) is 3.86. The first kappa shape index (κ1) is 20.1. The van der Waals surface area contributed by atoms with E-state index in [4.69, 9.17) is 9.84 Å². The van der Waals surface area contributed by atoms with Crippen LogP contribution in [0, 0.1) is 10.1 Å². The Kier molecular flexibility index (Phi) is 7.45. The van der Waals surface area contributed by atoms with Gasteiger partial charge in [0.05, 0.1) is 4.92 Å². The van der Waals surface area contributed by atoms with Gasteiger partial charge in [-0.1, -0.05) is 30.3 Å². The van der Waals surface area contributed by atoms with Crippen LogP contribution in [-0.4, -0.2) is 28.0 Å². The van der Waals surface area contributed by atoms with E-state index in [1.807, 2.05) is 30.3 Å². The van der Waals surface area contributed by atoms with Crippen LogP contribution in [-0.2, 0) is 27.5 Å². The third kappa shape index (κ3) is 6.87. The molecule has 0 aliphatic carbocycles. The second-order valence-corrected chi connectivity index (χ2v) is 5.88. The Labute approximate surface area is 155 Å². The largest absolute Gasteiger partial charge is 0.481 e. The molecule has 0 radical (unpaired) electrons. The van der Waals surface area contributed by atoms with Crippen molar-refractivity contribution in [1.29, 1.82) is 0 Å². The molecular formula is C19H20N2O6. The SMILES string of the molecule is O=C(O)CC[C@H](NCc1ccccc1)C(=O)OCc1ccc([N+](=O)[O-])cc1. The smallest absolute Gasteiger partial charge is 0.323 e. The summed E-state index contributed by atoms with van der Waals surface area (Å²) in [5.41, 5.74) is 1.52. The zero-order chi connectivity index (χ0) is 19.6. The van der Waals surface area contributed by atoms with E-state index in [1.54, 1.807) is 0 Å². The topological polar surface area (TPSA) is 119 Å². The summed E-state index contributed by atoms with van der Waals surface area (Å²) in [5, 5.41) is 22.5. The molecule has 142 valence electrons. The maximum absolute atomic E-state index is 12.3. The number of carboxylic acid groups (broad SMARTS) is 1. The highest BCUT2D eigenvalue weighted by atomic mass is 16.6. The van der Waals surface area contributed by atoms with Crippen LogP contribution in [0.4, 0.5) is 5.69 Å². The lowest BCUT2D eigenvalue weighted by molar-refractivity contribution is -0.384. The van der Waals surface area contributed by atoms with Gasteiger partial charge in [0.1, 0.15) is 12.6 Å². The summed E-state index contributed by atoms with van der Waals surface area (Å²) in [4.78, 5) is 33.3. The van der Waals surface area contributed by atoms with Crippen molar-refractivity contribution in [2.24, 2.45) is 0 Å². The number of non-ortho nitro benzene ring substituents is 1. The minimum atomic E-state index is -0.996. The van der Waals surface area contributed by atoms with Crippen LogP contribution in [0.15, 0.2) is 54.6 Å². The van der Waals surface area contributed by atoms with Crippen molar-refractivity contribution >= 4 is 17.6 Å². The molecule has 0 saturated carbocycles. The molecule has 1 atom stereocenters. The molecule has 2 aromatic rings. The molecule has 0 saturated heterocycles. The standard InChI is InChI=1S/C19H20N2O6/c22-18(23)11-10-17(20-12-14-4-2-1-3-5-14)19(24)27-13-15-6-8-16(9-7-15)21(25)26/h1-9,17,20H,10-13H2,(H,22,23)/t17-/m0/s1. The van der Waals surface area contributed by atoms with Crippen LogP contribution in [0.5, 0.6) is 0 Å². The molecule has 2 N–H and O–H groups in total. The number of aliphatic carboxylic acids is 1. The average Bonchev–Trinajstić information content (AvgIpc) is 2.67. The van der Waals surface area contributed by atoms with Gasteiger partial charge in [0.15, 0.2) is 0 Å². The van der Waals surface area contributed by atoms with Gasteiger partial charge in [-0.15, -0.1) is 0 Å². The molecule has 8 heteroatoms. The van der Waals surface area contributed by atoms with E-state index in [-0.39, 0.29) is 25.1 Å². The van der Waals surface area contributed by atoms with Gasteiger partial charge in [-0.2, -0.15) is 0 Å². The molecule has 0 unspecified atom stereocenters. The summed E-state index contributed by atoms with van der Waals surface area (Å²) in [6, 6.07) is 14.3. The number of carbonyl (C=O) groups is 2. The van der Waals surface area contributed by atoms with Gasteiger partial charge in [0.2, 0.25) is 0 Å². The van der Waals surface area contributed by atoms with Gasteiger partial charge in [-0.3, -0.25) is 19.7 Å². The van der Waals surface area contributed by atoms with Crippen molar-refractivity contribution in [3.63, 3.8) is 0 Å². The van der Waals surface area contributed by atoms with Crippen molar-refractivity contribution in [3.8, 4) is 0 Å². The van der Waals surface area contributed by atoms with E-state index in [0.717, 1.165) is 5.56 Å². The normalized spacial score (nSPS) is 11.6. The molecule has 0 aromatic heterocycles. The minimum absolute atomic E-state index is 0.0473. The van der Waals surface area contributed by atoms with Crippen LogP contribution in [0.3, 0.4) is 0 Å². The number of nitro benzene ring substituents is 1. The van der Waals surface area contributed by atoms with E-state index in [2.05, 4.69) is 5.32 Å². The highest BCUT2D eigenvalue weighted by Crippen LogP contribution is 2.13. The first-order valence-corrected chi connectivity index (χ1v) is 8.35. The summed E-state index contributed by atoms with van der Waals surface area (Å²) in [6.45, 7) is 0.352. The molecule has 2 aromatic carbocycles. The highest BCUT2D eigenvalue weighted by molar-refractivity contribution is 5.77. The quantitative estimate of drug-likeness (QED) is 0.374. The Morgan fingerprint density at radius 2 is 1.74 bits per heavy atom. The number of ether oxygens (including phenoxy) is 1.